The number of rotatable bonds is 4. The minimum atomic E-state index is -1.04. The van der Waals surface area contributed by atoms with E-state index in [0.717, 1.165) is 0 Å². The molecule has 0 bridgehead atoms. The smallest absolute Gasteiger partial charge is 0.311 e. The number of ether oxygens (including phenoxy) is 1. The van der Waals surface area contributed by atoms with E-state index in [2.05, 4.69) is 0 Å². The molecule has 0 aliphatic rings. The molecule has 0 aromatic heterocycles. The standard InChI is InChI=1S/C13H17FO3/c1-7(2)10(13(15)16)11-9(17-4)6-5-8(3)12(11)14/h5-7,10H,1-4H3,(H,15,16). The Kier molecular flexibility index (Phi) is 4.10. The predicted octanol–water partition coefficient (Wildman–Crippen LogP) is 2.97. The average molecular weight is 240 g/mol. The van der Waals surface area contributed by atoms with Crippen molar-refractivity contribution >= 4 is 5.97 Å². The van der Waals surface area contributed by atoms with Crippen molar-refractivity contribution in [2.24, 2.45) is 5.92 Å². The molecule has 1 aromatic rings. The summed E-state index contributed by atoms with van der Waals surface area (Å²) in [5.41, 5.74) is 0.558. The van der Waals surface area contributed by atoms with Gasteiger partial charge in [-0.15, -0.1) is 0 Å². The van der Waals surface area contributed by atoms with Crippen LogP contribution in [-0.2, 0) is 4.79 Å². The van der Waals surface area contributed by atoms with Crippen molar-refractivity contribution in [2.45, 2.75) is 26.7 Å². The lowest BCUT2D eigenvalue weighted by Gasteiger charge is -2.20. The maximum atomic E-state index is 14.1. The number of methoxy groups -OCH3 is 1. The highest BCUT2D eigenvalue weighted by atomic mass is 19.1. The molecule has 1 N–H and O–H groups in total. The molecule has 1 atom stereocenters. The molecular formula is C13H17FO3. The van der Waals surface area contributed by atoms with Crippen LogP contribution in [0.2, 0.25) is 0 Å². The van der Waals surface area contributed by atoms with E-state index in [0.29, 0.717) is 5.56 Å². The summed E-state index contributed by atoms with van der Waals surface area (Å²) in [6, 6.07) is 3.18. The first-order valence-electron chi connectivity index (χ1n) is 5.46. The van der Waals surface area contributed by atoms with Gasteiger partial charge >= 0.3 is 5.97 Å². The second kappa shape index (κ2) is 5.17. The van der Waals surface area contributed by atoms with Crippen LogP contribution >= 0.6 is 0 Å². The van der Waals surface area contributed by atoms with Crippen molar-refractivity contribution < 1.29 is 19.0 Å². The number of carboxylic acids is 1. The molecule has 0 aliphatic heterocycles. The van der Waals surface area contributed by atoms with Crippen LogP contribution in [0.25, 0.3) is 0 Å². The van der Waals surface area contributed by atoms with Gasteiger partial charge in [0.2, 0.25) is 0 Å². The number of hydrogen-bond donors (Lipinski definition) is 1. The number of hydrogen-bond acceptors (Lipinski definition) is 2. The highest BCUT2D eigenvalue weighted by Crippen LogP contribution is 2.35. The van der Waals surface area contributed by atoms with E-state index in [4.69, 9.17) is 4.74 Å². The third-order valence-corrected chi connectivity index (χ3v) is 2.80. The van der Waals surface area contributed by atoms with Crippen LogP contribution in [0.15, 0.2) is 12.1 Å². The Morgan fingerprint density at radius 2 is 2.00 bits per heavy atom. The molecule has 94 valence electrons. The molecule has 0 spiro atoms. The van der Waals surface area contributed by atoms with Crippen LogP contribution in [-0.4, -0.2) is 18.2 Å². The van der Waals surface area contributed by atoms with Crippen LogP contribution in [0.5, 0.6) is 5.75 Å². The Bertz CT molecular complexity index is 427. The summed E-state index contributed by atoms with van der Waals surface area (Å²) < 4.78 is 19.1. The predicted molar refractivity (Wildman–Crippen MR) is 62.9 cm³/mol. The summed E-state index contributed by atoms with van der Waals surface area (Å²) in [7, 11) is 1.41. The first-order valence-corrected chi connectivity index (χ1v) is 5.46. The molecule has 3 nitrogen and oxygen atoms in total. The second-order valence-corrected chi connectivity index (χ2v) is 4.37. The molecule has 1 unspecified atom stereocenters. The fraction of sp³-hybridized carbons (Fsp3) is 0.462. The molecular weight excluding hydrogens is 223 g/mol. The fourth-order valence-electron chi connectivity index (χ4n) is 1.89. The van der Waals surface area contributed by atoms with Crippen LogP contribution in [0, 0.1) is 18.7 Å². The molecule has 4 heteroatoms. The van der Waals surface area contributed by atoms with Crippen molar-refractivity contribution in [2.75, 3.05) is 7.11 Å². The summed E-state index contributed by atoms with van der Waals surface area (Å²) >= 11 is 0. The van der Waals surface area contributed by atoms with Gasteiger partial charge in [-0.05, 0) is 24.5 Å². The van der Waals surface area contributed by atoms with E-state index in [9.17, 15) is 14.3 Å². The van der Waals surface area contributed by atoms with Gasteiger partial charge in [0.1, 0.15) is 11.6 Å². The lowest BCUT2D eigenvalue weighted by Crippen LogP contribution is -2.20. The Balaban J connectivity index is 3.45. The van der Waals surface area contributed by atoms with Gasteiger partial charge in [-0.1, -0.05) is 19.9 Å². The van der Waals surface area contributed by atoms with Crippen molar-refractivity contribution in [3.63, 3.8) is 0 Å². The number of benzene rings is 1. The normalized spacial score (nSPS) is 12.6. The zero-order chi connectivity index (χ0) is 13.2. The highest BCUT2D eigenvalue weighted by Gasteiger charge is 2.30. The van der Waals surface area contributed by atoms with E-state index in [-0.39, 0.29) is 17.2 Å². The summed E-state index contributed by atoms with van der Waals surface area (Å²) in [5, 5.41) is 9.21. The Morgan fingerprint density at radius 3 is 2.41 bits per heavy atom. The molecule has 0 amide bonds. The van der Waals surface area contributed by atoms with Crippen LogP contribution in [0.1, 0.15) is 30.9 Å². The van der Waals surface area contributed by atoms with Crippen molar-refractivity contribution in [1.82, 2.24) is 0 Å². The largest absolute Gasteiger partial charge is 0.496 e. The third kappa shape index (κ3) is 2.57. The minimum absolute atomic E-state index is 0.134. The minimum Gasteiger partial charge on any atom is -0.496 e. The quantitative estimate of drug-likeness (QED) is 0.880. The topological polar surface area (TPSA) is 46.5 Å². The van der Waals surface area contributed by atoms with Gasteiger partial charge in [-0.25, -0.2) is 4.39 Å². The van der Waals surface area contributed by atoms with E-state index < -0.39 is 17.7 Å². The fourth-order valence-corrected chi connectivity index (χ4v) is 1.89. The van der Waals surface area contributed by atoms with Gasteiger partial charge in [0.05, 0.1) is 13.0 Å². The van der Waals surface area contributed by atoms with Crippen LogP contribution in [0.4, 0.5) is 4.39 Å². The molecule has 0 aliphatic carbocycles. The average Bonchev–Trinajstić information content (AvgIpc) is 2.24. The molecule has 0 saturated heterocycles. The van der Waals surface area contributed by atoms with Gasteiger partial charge in [0.15, 0.2) is 0 Å². The summed E-state index contributed by atoms with van der Waals surface area (Å²) in [6.45, 7) is 5.11. The van der Waals surface area contributed by atoms with E-state index in [1.165, 1.54) is 7.11 Å². The zero-order valence-corrected chi connectivity index (χ0v) is 10.5. The number of halogens is 1. The molecule has 0 saturated carbocycles. The maximum absolute atomic E-state index is 14.1. The van der Waals surface area contributed by atoms with Crippen molar-refractivity contribution in [1.29, 1.82) is 0 Å². The summed E-state index contributed by atoms with van der Waals surface area (Å²) in [6.07, 6.45) is 0. The number of carboxylic acid groups (broad SMARTS) is 1. The Labute approximate surface area is 100 Å². The van der Waals surface area contributed by atoms with Crippen molar-refractivity contribution in [3.8, 4) is 5.75 Å². The summed E-state index contributed by atoms with van der Waals surface area (Å²) in [5.74, 6) is -2.36. The molecule has 17 heavy (non-hydrogen) atoms. The van der Waals surface area contributed by atoms with E-state index in [1.807, 2.05) is 0 Å². The maximum Gasteiger partial charge on any atom is 0.311 e. The van der Waals surface area contributed by atoms with E-state index in [1.54, 1.807) is 32.9 Å². The molecule has 1 rings (SSSR count). The van der Waals surface area contributed by atoms with E-state index >= 15 is 0 Å². The SMILES string of the molecule is COc1ccc(C)c(F)c1C(C(=O)O)C(C)C. The first-order chi connectivity index (χ1) is 7.90. The van der Waals surface area contributed by atoms with Gasteiger partial charge in [0.25, 0.3) is 0 Å². The summed E-state index contributed by atoms with van der Waals surface area (Å²) in [4.78, 5) is 11.3. The van der Waals surface area contributed by atoms with Gasteiger partial charge in [-0.3, -0.25) is 4.79 Å². The van der Waals surface area contributed by atoms with Crippen LogP contribution < -0.4 is 4.74 Å². The Hall–Kier alpha value is -1.58. The zero-order valence-electron chi connectivity index (χ0n) is 10.5. The molecule has 0 heterocycles. The van der Waals surface area contributed by atoms with Crippen molar-refractivity contribution in [3.05, 3.63) is 29.1 Å². The van der Waals surface area contributed by atoms with Gasteiger partial charge in [-0.2, -0.15) is 0 Å². The monoisotopic (exact) mass is 240 g/mol. The number of aryl methyl sites for hydroxylation is 1. The lowest BCUT2D eigenvalue weighted by atomic mass is 9.86. The molecule has 0 fully saturated rings. The molecule has 1 aromatic carbocycles. The highest BCUT2D eigenvalue weighted by molar-refractivity contribution is 5.77. The van der Waals surface area contributed by atoms with Crippen LogP contribution in [0.3, 0.4) is 0 Å². The number of carbonyl (C=O) groups is 1. The second-order valence-electron chi connectivity index (χ2n) is 4.37. The molecule has 0 radical (unpaired) electrons. The van der Waals surface area contributed by atoms with Gasteiger partial charge < -0.3 is 9.84 Å². The lowest BCUT2D eigenvalue weighted by molar-refractivity contribution is -0.140. The first kappa shape index (κ1) is 13.5. The number of aliphatic carboxylic acids is 1. The Morgan fingerprint density at radius 1 is 1.41 bits per heavy atom. The van der Waals surface area contributed by atoms with Gasteiger partial charge in [0, 0.05) is 5.56 Å². The third-order valence-electron chi connectivity index (χ3n) is 2.80.